The molecule has 1 heterocycles. The fraction of sp³-hybridized carbons (Fsp3) is 0. The van der Waals surface area contributed by atoms with Gasteiger partial charge < -0.3 is 17.2 Å². The van der Waals surface area contributed by atoms with Gasteiger partial charge in [-0.25, -0.2) is 4.98 Å². The van der Waals surface area contributed by atoms with Gasteiger partial charge in [-0.1, -0.05) is 0 Å². The van der Waals surface area contributed by atoms with E-state index in [1.807, 2.05) is 22.6 Å². The van der Waals surface area contributed by atoms with Crippen LogP contribution in [0.4, 0.5) is 11.6 Å². The largest absolute Gasteiger partial charge is 0.383 e. The number of nitrogens with zero attached hydrogens (tertiary/aromatic N) is 1. The molecule has 0 atom stereocenters. The summed E-state index contributed by atoms with van der Waals surface area (Å²) in [4.78, 5) is 14.5. The molecule has 1 aromatic rings. The van der Waals surface area contributed by atoms with Crippen molar-refractivity contribution >= 4 is 40.1 Å². The van der Waals surface area contributed by atoms with Crippen molar-refractivity contribution in [3.8, 4) is 0 Å². The van der Waals surface area contributed by atoms with Crippen molar-refractivity contribution in [2.75, 3.05) is 11.5 Å². The molecular weight excluding hydrogens is 271 g/mol. The van der Waals surface area contributed by atoms with E-state index in [0.717, 1.165) is 0 Å². The summed E-state index contributed by atoms with van der Waals surface area (Å²) in [5, 5.41) is 0. The van der Waals surface area contributed by atoms with Crippen molar-refractivity contribution in [3.63, 3.8) is 0 Å². The van der Waals surface area contributed by atoms with E-state index in [0.29, 0.717) is 9.39 Å². The van der Waals surface area contributed by atoms with Crippen molar-refractivity contribution in [2.45, 2.75) is 0 Å². The minimum absolute atomic E-state index is 0.0698. The maximum atomic E-state index is 10.7. The molecule has 6 heteroatoms. The number of carbonyl (C=O) groups is 1. The lowest BCUT2D eigenvalue weighted by Crippen LogP contribution is -2.15. The van der Waals surface area contributed by atoms with Gasteiger partial charge in [0.15, 0.2) is 0 Å². The molecule has 1 aromatic heterocycles. The van der Waals surface area contributed by atoms with E-state index in [2.05, 4.69) is 4.98 Å². The standard InChI is InChI=1S/C6H7IN4O/c7-3-1-2(6(10)12)4(8)11-5(3)9/h1H,(H2,10,12)(H4,8,9,11). The van der Waals surface area contributed by atoms with Crippen LogP contribution in [0, 0.1) is 3.57 Å². The highest BCUT2D eigenvalue weighted by molar-refractivity contribution is 14.1. The number of primary amides is 1. The Hall–Kier alpha value is -1.05. The number of hydrogen-bond acceptors (Lipinski definition) is 4. The summed E-state index contributed by atoms with van der Waals surface area (Å²) in [7, 11) is 0. The number of pyridine rings is 1. The van der Waals surface area contributed by atoms with Crippen LogP contribution in [0.2, 0.25) is 0 Å². The number of halogens is 1. The average molecular weight is 278 g/mol. The summed E-state index contributed by atoms with van der Waals surface area (Å²) in [6, 6.07) is 1.51. The minimum atomic E-state index is -0.599. The topological polar surface area (TPSA) is 108 Å². The molecule has 0 unspecified atom stereocenters. The number of aromatic nitrogens is 1. The molecule has 5 nitrogen and oxygen atoms in total. The van der Waals surface area contributed by atoms with Gasteiger partial charge >= 0.3 is 0 Å². The summed E-state index contributed by atoms with van der Waals surface area (Å²) in [6.45, 7) is 0. The highest BCUT2D eigenvalue weighted by Gasteiger charge is 2.09. The molecular formula is C6H7IN4O. The highest BCUT2D eigenvalue weighted by atomic mass is 127. The van der Waals surface area contributed by atoms with Gasteiger partial charge in [-0.3, -0.25) is 4.79 Å². The van der Waals surface area contributed by atoms with Crippen LogP contribution in [0.15, 0.2) is 6.07 Å². The van der Waals surface area contributed by atoms with Crippen LogP contribution in [0.1, 0.15) is 10.4 Å². The van der Waals surface area contributed by atoms with E-state index in [1.54, 1.807) is 0 Å². The average Bonchev–Trinajstić information content (AvgIpc) is 1.96. The normalized spacial score (nSPS) is 9.75. The first kappa shape index (κ1) is 9.04. The summed E-state index contributed by atoms with van der Waals surface area (Å²) >= 11 is 1.95. The van der Waals surface area contributed by atoms with Crippen molar-refractivity contribution in [1.82, 2.24) is 4.98 Å². The van der Waals surface area contributed by atoms with Crippen LogP contribution >= 0.6 is 22.6 Å². The third-order valence-electron chi connectivity index (χ3n) is 1.30. The highest BCUT2D eigenvalue weighted by Crippen LogP contribution is 2.17. The monoisotopic (exact) mass is 278 g/mol. The van der Waals surface area contributed by atoms with Crippen molar-refractivity contribution in [3.05, 3.63) is 15.2 Å². The van der Waals surface area contributed by atoms with Gasteiger partial charge in [-0.05, 0) is 28.7 Å². The second-order valence-corrected chi connectivity index (χ2v) is 3.31. The van der Waals surface area contributed by atoms with E-state index in [4.69, 9.17) is 17.2 Å². The number of hydrogen-bond donors (Lipinski definition) is 3. The van der Waals surface area contributed by atoms with Crippen molar-refractivity contribution < 1.29 is 4.79 Å². The second-order valence-electron chi connectivity index (χ2n) is 2.15. The Kier molecular flexibility index (Phi) is 2.36. The number of nitrogen functional groups attached to an aromatic ring is 2. The Balaban J connectivity index is 3.33. The first-order valence-corrected chi connectivity index (χ1v) is 4.11. The third kappa shape index (κ3) is 1.58. The molecule has 0 bridgehead atoms. The summed E-state index contributed by atoms with van der Waals surface area (Å²) in [6.07, 6.45) is 0. The zero-order valence-electron chi connectivity index (χ0n) is 6.04. The van der Waals surface area contributed by atoms with Gasteiger partial charge in [-0.15, -0.1) is 0 Å². The number of carbonyl (C=O) groups excluding carboxylic acids is 1. The van der Waals surface area contributed by atoms with Gasteiger partial charge in [0.2, 0.25) is 0 Å². The van der Waals surface area contributed by atoms with Gasteiger partial charge in [-0.2, -0.15) is 0 Å². The molecule has 1 rings (SSSR count). The Labute approximate surface area is 82.5 Å². The Bertz CT molecular complexity index is 339. The Morgan fingerprint density at radius 2 is 2.00 bits per heavy atom. The Morgan fingerprint density at radius 1 is 1.42 bits per heavy atom. The van der Waals surface area contributed by atoms with Crippen LogP contribution in [-0.4, -0.2) is 10.9 Å². The second kappa shape index (κ2) is 3.13. The SMILES string of the molecule is NC(=O)c1cc(I)c(N)nc1N. The fourth-order valence-electron chi connectivity index (χ4n) is 0.715. The first-order chi connectivity index (χ1) is 5.52. The third-order valence-corrected chi connectivity index (χ3v) is 2.16. The van der Waals surface area contributed by atoms with Crippen molar-refractivity contribution in [2.24, 2.45) is 5.73 Å². The lowest BCUT2D eigenvalue weighted by molar-refractivity contribution is 0.100. The van der Waals surface area contributed by atoms with E-state index >= 15 is 0 Å². The zero-order chi connectivity index (χ0) is 9.30. The van der Waals surface area contributed by atoms with Gasteiger partial charge in [0.25, 0.3) is 5.91 Å². The number of amides is 1. The molecule has 0 aliphatic heterocycles. The molecule has 0 aliphatic rings. The maximum absolute atomic E-state index is 10.7. The molecule has 12 heavy (non-hydrogen) atoms. The van der Waals surface area contributed by atoms with Crippen LogP contribution in [0.3, 0.4) is 0 Å². The molecule has 1 amide bonds. The van der Waals surface area contributed by atoms with E-state index in [1.165, 1.54) is 6.07 Å². The number of anilines is 2. The molecule has 0 spiro atoms. The van der Waals surface area contributed by atoms with Crippen LogP contribution in [-0.2, 0) is 0 Å². The predicted molar refractivity (Wildman–Crippen MR) is 54.3 cm³/mol. The fourth-order valence-corrected chi connectivity index (χ4v) is 1.15. The van der Waals surface area contributed by atoms with Gasteiger partial charge in [0.1, 0.15) is 11.6 Å². The molecule has 0 aliphatic carbocycles. The zero-order valence-corrected chi connectivity index (χ0v) is 8.20. The van der Waals surface area contributed by atoms with E-state index in [9.17, 15) is 4.79 Å². The maximum Gasteiger partial charge on any atom is 0.252 e. The number of nitrogens with two attached hydrogens (primary N) is 3. The van der Waals surface area contributed by atoms with Crippen LogP contribution in [0.5, 0.6) is 0 Å². The lowest BCUT2D eigenvalue weighted by atomic mass is 10.2. The molecule has 0 saturated carbocycles. The lowest BCUT2D eigenvalue weighted by Gasteiger charge is -2.03. The summed E-state index contributed by atoms with van der Waals surface area (Å²) in [5.41, 5.74) is 16.1. The molecule has 0 saturated heterocycles. The molecule has 0 radical (unpaired) electrons. The predicted octanol–water partition coefficient (Wildman–Crippen LogP) is -0.0505. The van der Waals surface area contributed by atoms with Crippen LogP contribution < -0.4 is 17.2 Å². The summed E-state index contributed by atoms with van der Waals surface area (Å²) < 4.78 is 0.663. The molecule has 6 N–H and O–H groups in total. The minimum Gasteiger partial charge on any atom is -0.383 e. The Morgan fingerprint density at radius 3 is 2.50 bits per heavy atom. The number of rotatable bonds is 1. The van der Waals surface area contributed by atoms with E-state index in [-0.39, 0.29) is 11.4 Å². The summed E-state index contributed by atoms with van der Waals surface area (Å²) in [5.74, 6) is -0.226. The first-order valence-electron chi connectivity index (χ1n) is 3.03. The molecule has 0 aromatic carbocycles. The molecule has 64 valence electrons. The van der Waals surface area contributed by atoms with Crippen LogP contribution in [0.25, 0.3) is 0 Å². The van der Waals surface area contributed by atoms with Crippen molar-refractivity contribution in [1.29, 1.82) is 0 Å². The smallest absolute Gasteiger partial charge is 0.252 e. The quantitative estimate of drug-likeness (QED) is 0.626. The van der Waals surface area contributed by atoms with Gasteiger partial charge in [0, 0.05) is 0 Å². The van der Waals surface area contributed by atoms with E-state index < -0.39 is 5.91 Å². The molecule has 0 fully saturated rings. The van der Waals surface area contributed by atoms with Gasteiger partial charge in [0.05, 0.1) is 9.13 Å².